The molecular weight excluding hydrogens is 466 g/mol. The first kappa shape index (κ1) is 29.5. The molecule has 35 heavy (non-hydrogen) atoms. The molecule has 0 amide bonds. The van der Waals surface area contributed by atoms with Crippen molar-refractivity contribution in [3.05, 3.63) is 23.8 Å². The number of hydrogen-bond acceptors (Lipinski definition) is 12. The van der Waals surface area contributed by atoms with Gasteiger partial charge in [0.15, 0.2) is 11.5 Å². The van der Waals surface area contributed by atoms with Crippen LogP contribution in [0.5, 0.6) is 11.5 Å². The number of carbonyl (C=O) groups excluding carboxylic acids is 4. The van der Waals surface area contributed by atoms with E-state index in [0.717, 1.165) is 7.11 Å². The molecule has 1 aromatic rings. The summed E-state index contributed by atoms with van der Waals surface area (Å²) >= 11 is 0. The summed E-state index contributed by atoms with van der Waals surface area (Å²) < 4.78 is 34.6. The van der Waals surface area contributed by atoms with E-state index in [4.69, 9.17) is 34.2 Å². The molecule has 12 nitrogen and oxygen atoms in total. The van der Waals surface area contributed by atoms with Gasteiger partial charge in [-0.05, 0) is 50.8 Å². The van der Waals surface area contributed by atoms with Crippen LogP contribution in [0.25, 0.3) is 0 Å². The highest BCUT2D eigenvalue weighted by Crippen LogP contribution is 2.30. The van der Waals surface area contributed by atoms with Gasteiger partial charge in [-0.1, -0.05) is 19.9 Å². The van der Waals surface area contributed by atoms with Gasteiger partial charge in [-0.2, -0.15) is 0 Å². The van der Waals surface area contributed by atoms with Gasteiger partial charge in [0.2, 0.25) is 0 Å². The summed E-state index contributed by atoms with van der Waals surface area (Å²) in [6.45, 7) is 7.00. The van der Waals surface area contributed by atoms with E-state index in [1.165, 1.54) is 32.0 Å². The molecule has 12 heteroatoms. The Balaban J connectivity index is 2.91. The van der Waals surface area contributed by atoms with Crippen molar-refractivity contribution in [3.8, 4) is 11.5 Å². The number of methoxy groups -OCH3 is 1. The Morgan fingerprint density at radius 3 is 1.91 bits per heavy atom. The van der Waals surface area contributed by atoms with Crippen molar-refractivity contribution in [3.63, 3.8) is 0 Å². The summed E-state index contributed by atoms with van der Waals surface area (Å²) in [7, 11) is 1.16. The molecule has 1 aromatic carbocycles. The zero-order valence-electron chi connectivity index (χ0n) is 20.6. The first-order valence-corrected chi connectivity index (χ1v) is 11.1. The van der Waals surface area contributed by atoms with E-state index in [2.05, 4.69) is 4.74 Å². The van der Waals surface area contributed by atoms with Crippen molar-refractivity contribution in [2.45, 2.75) is 65.2 Å². The van der Waals surface area contributed by atoms with E-state index in [1.807, 2.05) is 13.8 Å². The molecule has 0 aliphatic carbocycles. The van der Waals surface area contributed by atoms with Crippen molar-refractivity contribution >= 4 is 24.4 Å². The summed E-state index contributed by atoms with van der Waals surface area (Å²) in [6.07, 6.45) is -3.24. The molecule has 0 radical (unpaired) electrons. The molecular formula is C23H33NO11. The summed E-state index contributed by atoms with van der Waals surface area (Å²) in [5.41, 5.74) is 6.45. The average Bonchev–Trinajstić information content (AvgIpc) is 2.82. The second-order valence-corrected chi connectivity index (χ2v) is 7.41. The Kier molecular flexibility index (Phi) is 13.0. The standard InChI is InChI=1S/C23H33NO11/c1-6-10-30-22(27)34-18-9-8-16(13-19(18)35-23(28)31-11-7-2)12-17(24)20(25)32-14(3)15(4)33-21(26)29-5/h8-9,13-15,17H,6-7,10-12,24H2,1-5H3/t14-,15-,17-/m0/s1. The van der Waals surface area contributed by atoms with Crippen LogP contribution in [-0.4, -0.2) is 63.0 Å². The fraction of sp³-hybridized carbons (Fsp3) is 0.565. The van der Waals surface area contributed by atoms with E-state index in [1.54, 1.807) is 0 Å². The number of esters is 1. The third kappa shape index (κ3) is 11.0. The molecule has 0 heterocycles. The van der Waals surface area contributed by atoms with Crippen LogP contribution in [0.3, 0.4) is 0 Å². The second-order valence-electron chi connectivity index (χ2n) is 7.41. The zero-order valence-corrected chi connectivity index (χ0v) is 20.6. The van der Waals surface area contributed by atoms with E-state index in [9.17, 15) is 19.2 Å². The van der Waals surface area contributed by atoms with E-state index >= 15 is 0 Å². The minimum absolute atomic E-state index is 0.00127. The van der Waals surface area contributed by atoms with Crippen LogP contribution >= 0.6 is 0 Å². The van der Waals surface area contributed by atoms with Gasteiger partial charge in [-0.15, -0.1) is 0 Å². The first-order chi connectivity index (χ1) is 16.6. The quantitative estimate of drug-likeness (QED) is 0.254. The van der Waals surface area contributed by atoms with Crippen LogP contribution in [0.15, 0.2) is 18.2 Å². The number of nitrogens with two attached hydrogens (primary N) is 1. The van der Waals surface area contributed by atoms with Crippen LogP contribution < -0.4 is 15.2 Å². The Morgan fingerprint density at radius 1 is 0.829 bits per heavy atom. The topological polar surface area (TPSA) is 159 Å². The lowest BCUT2D eigenvalue weighted by molar-refractivity contribution is -0.155. The zero-order chi connectivity index (χ0) is 26.4. The van der Waals surface area contributed by atoms with Crippen LogP contribution in [-0.2, 0) is 34.9 Å². The highest BCUT2D eigenvalue weighted by molar-refractivity contribution is 5.76. The van der Waals surface area contributed by atoms with Crippen LogP contribution in [0.4, 0.5) is 14.4 Å². The van der Waals surface area contributed by atoms with Crippen molar-refractivity contribution in [1.82, 2.24) is 0 Å². The number of ether oxygens (including phenoxy) is 7. The maximum atomic E-state index is 12.4. The Morgan fingerprint density at radius 2 is 1.37 bits per heavy atom. The van der Waals surface area contributed by atoms with Crippen LogP contribution in [0.1, 0.15) is 46.1 Å². The molecule has 0 unspecified atom stereocenters. The second kappa shape index (κ2) is 15.4. The molecule has 0 saturated carbocycles. The summed E-state index contributed by atoms with van der Waals surface area (Å²) in [6, 6.07) is 3.20. The Hall–Kier alpha value is -3.54. The smallest absolute Gasteiger partial charge is 0.458 e. The van der Waals surface area contributed by atoms with Gasteiger partial charge in [0.25, 0.3) is 0 Å². The molecule has 196 valence electrons. The molecule has 3 atom stereocenters. The maximum absolute atomic E-state index is 12.4. The third-order valence-electron chi connectivity index (χ3n) is 4.41. The van der Waals surface area contributed by atoms with Gasteiger partial charge in [0.1, 0.15) is 18.2 Å². The largest absolute Gasteiger partial charge is 0.513 e. The van der Waals surface area contributed by atoms with Gasteiger partial charge in [-0.3, -0.25) is 4.79 Å². The molecule has 0 aliphatic rings. The van der Waals surface area contributed by atoms with Gasteiger partial charge in [-0.25, -0.2) is 14.4 Å². The van der Waals surface area contributed by atoms with Crippen molar-refractivity contribution in [2.24, 2.45) is 5.73 Å². The van der Waals surface area contributed by atoms with Crippen LogP contribution in [0.2, 0.25) is 0 Å². The molecule has 0 aliphatic heterocycles. The molecule has 0 spiro atoms. The fourth-order valence-electron chi connectivity index (χ4n) is 2.45. The van der Waals surface area contributed by atoms with Crippen molar-refractivity contribution in [1.29, 1.82) is 0 Å². The molecule has 0 fully saturated rings. The average molecular weight is 500 g/mol. The van der Waals surface area contributed by atoms with E-state index in [-0.39, 0.29) is 31.1 Å². The van der Waals surface area contributed by atoms with Gasteiger partial charge in [0, 0.05) is 0 Å². The number of hydrogen-bond donors (Lipinski definition) is 1. The molecule has 0 saturated heterocycles. The normalized spacial score (nSPS) is 13.0. The van der Waals surface area contributed by atoms with Gasteiger partial charge in [0.05, 0.1) is 20.3 Å². The molecule has 0 bridgehead atoms. The van der Waals surface area contributed by atoms with Gasteiger partial charge < -0.3 is 38.9 Å². The van der Waals surface area contributed by atoms with E-state index < -0.39 is 42.7 Å². The highest BCUT2D eigenvalue weighted by atomic mass is 16.7. The lowest BCUT2D eigenvalue weighted by atomic mass is 10.1. The monoisotopic (exact) mass is 499 g/mol. The fourth-order valence-corrected chi connectivity index (χ4v) is 2.45. The molecule has 2 N–H and O–H groups in total. The lowest BCUT2D eigenvalue weighted by Crippen LogP contribution is -2.39. The Labute approximate surface area is 203 Å². The predicted molar refractivity (Wildman–Crippen MR) is 121 cm³/mol. The number of carbonyl (C=O) groups is 4. The maximum Gasteiger partial charge on any atom is 0.513 e. The SMILES string of the molecule is CCCOC(=O)Oc1ccc(C[C@H](N)C(=O)O[C@@H](C)[C@H](C)OC(=O)OC)cc1OC(=O)OCCC. The summed E-state index contributed by atoms with van der Waals surface area (Å²) in [5, 5.41) is 0. The predicted octanol–water partition coefficient (Wildman–Crippen LogP) is 3.51. The first-order valence-electron chi connectivity index (χ1n) is 11.1. The lowest BCUT2D eigenvalue weighted by Gasteiger charge is -2.22. The molecule has 1 rings (SSSR count). The van der Waals surface area contributed by atoms with Crippen molar-refractivity contribution in [2.75, 3.05) is 20.3 Å². The molecule has 0 aromatic heterocycles. The third-order valence-corrected chi connectivity index (χ3v) is 4.41. The van der Waals surface area contributed by atoms with E-state index in [0.29, 0.717) is 18.4 Å². The highest BCUT2D eigenvalue weighted by Gasteiger charge is 2.25. The van der Waals surface area contributed by atoms with Crippen LogP contribution in [0, 0.1) is 0 Å². The van der Waals surface area contributed by atoms with Crippen molar-refractivity contribution < 1.29 is 52.3 Å². The number of rotatable bonds is 12. The Bertz CT molecular complexity index is 858. The minimum atomic E-state index is -1.09. The number of benzene rings is 1. The summed E-state index contributed by atoms with van der Waals surface area (Å²) in [4.78, 5) is 47.4. The summed E-state index contributed by atoms with van der Waals surface area (Å²) in [5.74, 6) is -0.945. The minimum Gasteiger partial charge on any atom is -0.458 e. The van der Waals surface area contributed by atoms with Gasteiger partial charge >= 0.3 is 24.4 Å².